The van der Waals surface area contributed by atoms with Gasteiger partial charge in [-0.1, -0.05) is 23.3 Å². The predicted octanol–water partition coefficient (Wildman–Crippen LogP) is 3.86. The third-order valence-corrected chi connectivity index (χ3v) is 5.47. The zero-order chi connectivity index (χ0) is 22.2. The van der Waals surface area contributed by atoms with Gasteiger partial charge in [0, 0.05) is 12.6 Å². The van der Waals surface area contributed by atoms with Crippen LogP contribution >= 0.6 is 11.6 Å². The van der Waals surface area contributed by atoms with Gasteiger partial charge < -0.3 is 20.2 Å². The first kappa shape index (κ1) is 19.8. The SMILES string of the molecule is [C-]#[N+]c1cnc2c(NC3CC3)nc(Nc3cc(C#N)cc(N4CCCOC4=O)c3Cl)nn12. The molecule has 160 valence electrons. The Morgan fingerprint density at radius 2 is 2.22 bits per heavy atom. The molecule has 2 fully saturated rings. The number of amides is 1. The number of nitriles is 1. The fourth-order valence-electron chi connectivity index (χ4n) is 3.37. The second-order valence-corrected chi connectivity index (χ2v) is 7.76. The lowest BCUT2D eigenvalue weighted by molar-refractivity contribution is 0.140. The van der Waals surface area contributed by atoms with Gasteiger partial charge in [-0.25, -0.2) is 9.78 Å². The van der Waals surface area contributed by atoms with Gasteiger partial charge in [0.05, 0.1) is 40.8 Å². The van der Waals surface area contributed by atoms with Crippen molar-refractivity contribution >= 4 is 52.3 Å². The zero-order valence-electron chi connectivity index (χ0n) is 16.7. The first-order valence-corrected chi connectivity index (χ1v) is 10.3. The van der Waals surface area contributed by atoms with Crippen LogP contribution in [0, 0.1) is 17.9 Å². The summed E-state index contributed by atoms with van der Waals surface area (Å²) in [6.45, 7) is 8.13. The van der Waals surface area contributed by atoms with Crippen LogP contribution in [0.5, 0.6) is 0 Å². The van der Waals surface area contributed by atoms with Crippen molar-refractivity contribution in [3.63, 3.8) is 0 Å². The standard InChI is InChI=1S/C20H16ClN9O2/c1-23-15-10-24-18-17(25-12-3-4-12)27-19(28-30(15)18)26-13-7-11(9-22)8-14(16(13)21)29-5-2-6-32-20(29)31/h7-8,10,12H,2-6H2,(H2,25,26,27,28). The number of nitrogens with one attached hydrogen (secondary N) is 2. The third-order valence-electron chi connectivity index (χ3n) is 5.07. The van der Waals surface area contributed by atoms with Gasteiger partial charge in [-0.05, 0) is 31.4 Å². The quantitative estimate of drug-likeness (QED) is 0.562. The van der Waals surface area contributed by atoms with E-state index in [-0.39, 0.29) is 16.8 Å². The minimum absolute atomic E-state index is 0.160. The monoisotopic (exact) mass is 449 g/mol. The fourth-order valence-corrected chi connectivity index (χ4v) is 3.63. The van der Waals surface area contributed by atoms with Crippen LogP contribution in [0.3, 0.4) is 0 Å². The van der Waals surface area contributed by atoms with Gasteiger partial charge in [-0.15, -0.1) is 4.52 Å². The number of carbonyl (C=O) groups is 1. The first-order chi connectivity index (χ1) is 15.6. The fraction of sp³-hybridized carbons (Fsp3) is 0.300. The molecule has 1 aromatic carbocycles. The second kappa shape index (κ2) is 7.87. The van der Waals surface area contributed by atoms with Crippen molar-refractivity contribution < 1.29 is 9.53 Å². The lowest BCUT2D eigenvalue weighted by Crippen LogP contribution is -2.38. The molecule has 1 saturated carbocycles. The van der Waals surface area contributed by atoms with Crippen LogP contribution in [0.15, 0.2) is 18.3 Å². The molecule has 0 spiro atoms. The van der Waals surface area contributed by atoms with E-state index in [9.17, 15) is 10.1 Å². The molecule has 12 heteroatoms. The maximum Gasteiger partial charge on any atom is 0.414 e. The summed E-state index contributed by atoms with van der Waals surface area (Å²) in [5.41, 5.74) is 1.45. The van der Waals surface area contributed by atoms with Gasteiger partial charge >= 0.3 is 6.09 Å². The molecule has 1 saturated heterocycles. The van der Waals surface area contributed by atoms with Crippen molar-refractivity contribution in [2.24, 2.45) is 0 Å². The van der Waals surface area contributed by atoms with Gasteiger partial charge in [0.25, 0.3) is 17.4 Å². The van der Waals surface area contributed by atoms with E-state index in [1.54, 1.807) is 6.07 Å². The Kier molecular flexibility index (Phi) is 4.88. The van der Waals surface area contributed by atoms with Crippen LogP contribution in [0.2, 0.25) is 5.02 Å². The molecule has 0 unspecified atom stereocenters. The largest absolute Gasteiger partial charge is 0.449 e. The van der Waals surface area contributed by atoms with Gasteiger partial charge in [-0.2, -0.15) is 10.2 Å². The van der Waals surface area contributed by atoms with E-state index < -0.39 is 6.09 Å². The molecule has 0 radical (unpaired) electrons. The van der Waals surface area contributed by atoms with Crippen molar-refractivity contribution in [3.05, 3.63) is 40.3 Å². The minimum Gasteiger partial charge on any atom is -0.449 e. The number of nitrogens with zero attached hydrogens (tertiary/aromatic N) is 7. The van der Waals surface area contributed by atoms with Crippen LogP contribution in [0.25, 0.3) is 10.5 Å². The summed E-state index contributed by atoms with van der Waals surface area (Å²) >= 11 is 6.62. The lowest BCUT2D eigenvalue weighted by atomic mass is 10.1. The van der Waals surface area contributed by atoms with Crippen LogP contribution in [0.1, 0.15) is 24.8 Å². The molecule has 32 heavy (non-hydrogen) atoms. The van der Waals surface area contributed by atoms with E-state index >= 15 is 0 Å². The highest BCUT2D eigenvalue weighted by Crippen LogP contribution is 2.37. The number of rotatable bonds is 5. The number of aromatic nitrogens is 4. The number of hydrogen-bond acceptors (Lipinski definition) is 8. The number of imidazole rings is 1. The van der Waals surface area contributed by atoms with E-state index in [0.717, 1.165) is 12.8 Å². The maximum absolute atomic E-state index is 12.2. The molecule has 11 nitrogen and oxygen atoms in total. The van der Waals surface area contributed by atoms with Crippen LogP contribution in [-0.2, 0) is 4.74 Å². The van der Waals surface area contributed by atoms with E-state index in [1.165, 1.54) is 21.7 Å². The first-order valence-electron chi connectivity index (χ1n) is 9.92. The van der Waals surface area contributed by atoms with Crippen molar-refractivity contribution in [3.8, 4) is 6.07 Å². The van der Waals surface area contributed by atoms with Crippen molar-refractivity contribution in [1.29, 1.82) is 5.26 Å². The average molecular weight is 450 g/mol. The second-order valence-electron chi connectivity index (χ2n) is 7.38. The molecule has 0 atom stereocenters. The average Bonchev–Trinajstić information content (AvgIpc) is 3.51. The predicted molar refractivity (Wildman–Crippen MR) is 116 cm³/mol. The van der Waals surface area contributed by atoms with E-state index in [0.29, 0.717) is 54.0 Å². The molecule has 2 N–H and O–H groups in total. The van der Waals surface area contributed by atoms with Crippen LogP contribution in [-0.4, -0.2) is 44.9 Å². The number of fused-ring (bicyclic) bond motifs is 1. The van der Waals surface area contributed by atoms with Crippen LogP contribution in [0.4, 0.5) is 33.8 Å². The summed E-state index contributed by atoms with van der Waals surface area (Å²) in [5.74, 6) is 0.887. The Hall–Kier alpha value is -4.09. The normalized spacial score (nSPS) is 15.7. The molecular weight excluding hydrogens is 434 g/mol. The summed E-state index contributed by atoms with van der Waals surface area (Å²) in [7, 11) is 0. The maximum atomic E-state index is 12.2. The topological polar surface area (TPSA) is 125 Å². The van der Waals surface area contributed by atoms with Crippen molar-refractivity contribution in [2.45, 2.75) is 25.3 Å². The molecule has 2 aliphatic rings. The Balaban J connectivity index is 1.57. The summed E-state index contributed by atoms with van der Waals surface area (Å²) in [6, 6.07) is 5.47. The summed E-state index contributed by atoms with van der Waals surface area (Å²) in [5, 5.41) is 20.4. The van der Waals surface area contributed by atoms with Gasteiger partial charge in [0.15, 0.2) is 5.82 Å². The molecule has 0 bridgehead atoms. The van der Waals surface area contributed by atoms with Gasteiger partial charge in [0.1, 0.15) is 0 Å². The van der Waals surface area contributed by atoms with E-state index in [2.05, 4.69) is 36.6 Å². The number of ether oxygens (including phenoxy) is 1. The number of benzene rings is 1. The van der Waals surface area contributed by atoms with Gasteiger partial charge in [0.2, 0.25) is 0 Å². The lowest BCUT2D eigenvalue weighted by Gasteiger charge is -2.27. The molecule has 5 rings (SSSR count). The Morgan fingerprint density at radius 3 is 2.94 bits per heavy atom. The zero-order valence-corrected chi connectivity index (χ0v) is 17.4. The summed E-state index contributed by atoms with van der Waals surface area (Å²) in [6.07, 6.45) is 3.62. The smallest absolute Gasteiger partial charge is 0.414 e. The Labute approximate surface area is 187 Å². The minimum atomic E-state index is -0.520. The van der Waals surface area contributed by atoms with Gasteiger partial charge in [-0.3, -0.25) is 4.90 Å². The van der Waals surface area contributed by atoms with E-state index in [1.807, 2.05) is 0 Å². The molecule has 2 aromatic heterocycles. The number of cyclic esters (lactones) is 1. The highest BCUT2D eigenvalue weighted by Gasteiger charge is 2.27. The highest BCUT2D eigenvalue weighted by molar-refractivity contribution is 6.36. The summed E-state index contributed by atoms with van der Waals surface area (Å²) < 4.78 is 6.51. The highest BCUT2D eigenvalue weighted by atomic mass is 35.5. The van der Waals surface area contributed by atoms with Crippen molar-refractivity contribution in [1.82, 2.24) is 19.6 Å². The van der Waals surface area contributed by atoms with Crippen molar-refractivity contribution in [2.75, 3.05) is 28.7 Å². The summed E-state index contributed by atoms with van der Waals surface area (Å²) in [4.78, 5) is 25.8. The molecule has 3 heterocycles. The number of halogens is 1. The van der Waals surface area contributed by atoms with Crippen LogP contribution < -0.4 is 15.5 Å². The molecule has 3 aromatic rings. The molecule has 1 aliphatic carbocycles. The molecule has 1 aliphatic heterocycles. The number of carbonyl (C=O) groups excluding carboxylic acids is 1. The molecule has 1 amide bonds. The molecular formula is C20H16ClN9O2. The third kappa shape index (κ3) is 3.59. The van der Waals surface area contributed by atoms with E-state index in [4.69, 9.17) is 22.9 Å². The Bertz CT molecular complexity index is 1320. The Morgan fingerprint density at radius 1 is 1.38 bits per heavy atom. The number of anilines is 4. The number of hydrogen-bond donors (Lipinski definition) is 2.